The number of amides is 1. The molecular formula is C23H24N4O. The van der Waals surface area contributed by atoms with E-state index < -0.39 is 0 Å². The smallest absolute Gasteiger partial charge is 0.254 e. The first kappa shape index (κ1) is 18.2. The summed E-state index contributed by atoms with van der Waals surface area (Å²) in [7, 11) is 0. The van der Waals surface area contributed by atoms with E-state index in [0.29, 0.717) is 17.2 Å². The summed E-state index contributed by atoms with van der Waals surface area (Å²) in [6.45, 7) is 2.86. The highest BCUT2D eigenvalue weighted by Crippen LogP contribution is 2.27. The largest absolute Gasteiger partial charge is 0.384 e. The molecule has 0 atom stereocenters. The number of benzene rings is 2. The van der Waals surface area contributed by atoms with E-state index in [4.69, 9.17) is 5.73 Å². The number of fused-ring (bicyclic) bond motifs is 1. The molecule has 142 valence electrons. The molecule has 4 rings (SSSR count). The number of aromatic nitrogens is 2. The summed E-state index contributed by atoms with van der Waals surface area (Å²) in [6, 6.07) is 17.8. The summed E-state index contributed by atoms with van der Waals surface area (Å²) in [5.74, 6) is 1.01. The van der Waals surface area contributed by atoms with Crippen molar-refractivity contribution in [1.29, 1.82) is 0 Å². The molecule has 0 aliphatic heterocycles. The third kappa shape index (κ3) is 3.60. The summed E-state index contributed by atoms with van der Waals surface area (Å²) < 4.78 is 0. The first-order valence-corrected chi connectivity index (χ1v) is 9.72. The second kappa shape index (κ2) is 7.80. The highest BCUT2D eigenvalue weighted by Gasteiger charge is 2.30. The van der Waals surface area contributed by atoms with E-state index >= 15 is 0 Å². The van der Waals surface area contributed by atoms with Gasteiger partial charge in [-0.05, 0) is 48.6 Å². The van der Waals surface area contributed by atoms with Crippen LogP contribution in [-0.4, -0.2) is 33.4 Å². The molecule has 1 heterocycles. The van der Waals surface area contributed by atoms with Crippen LogP contribution in [0.5, 0.6) is 0 Å². The van der Waals surface area contributed by atoms with Gasteiger partial charge in [-0.3, -0.25) is 4.79 Å². The van der Waals surface area contributed by atoms with Gasteiger partial charge in [0.2, 0.25) is 0 Å². The SMILES string of the molecule is CCCN(C(=O)c1cccc(-c2nccc(N)n2)c1)C1Cc2ccccc2C1. The molecule has 1 amide bonds. The van der Waals surface area contributed by atoms with Gasteiger partial charge in [-0.25, -0.2) is 9.97 Å². The molecule has 0 unspecified atom stereocenters. The predicted octanol–water partition coefficient (Wildman–Crippen LogP) is 3.75. The van der Waals surface area contributed by atoms with E-state index in [1.807, 2.05) is 29.2 Å². The van der Waals surface area contributed by atoms with Gasteiger partial charge in [0.05, 0.1) is 0 Å². The molecule has 0 saturated heterocycles. The van der Waals surface area contributed by atoms with Crippen molar-refractivity contribution >= 4 is 11.7 Å². The average molecular weight is 372 g/mol. The summed E-state index contributed by atoms with van der Waals surface area (Å²) >= 11 is 0. The van der Waals surface area contributed by atoms with Crippen LogP contribution in [0.15, 0.2) is 60.8 Å². The van der Waals surface area contributed by atoms with E-state index in [1.165, 1.54) is 11.1 Å². The number of nitrogens with two attached hydrogens (primary N) is 1. The normalized spacial score (nSPS) is 13.3. The third-order valence-corrected chi connectivity index (χ3v) is 5.24. The number of hydrogen-bond donors (Lipinski definition) is 1. The van der Waals surface area contributed by atoms with Crippen LogP contribution in [0.4, 0.5) is 5.82 Å². The number of anilines is 1. The Bertz CT molecular complexity index is 976. The minimum Gasteiger partial charge on any atom is -0.384 e. The first-order chi connectivity index (χ1) is 13.7. The Hall–Kier alpha value is -3.21. The molecule has 2 N–H and O–H groups in total. The van der Waals surface area contributed by atoms with Crippen molar-refractivity contribution in [3.63, 3.8) is 0 Å². The van der Waals surface area contributed by atoms with Crippen LogP contribution in [0.3, 0.4) is 0 Å². The number of rotatable bonds is 5. The zero-order chi connectivity index (χ0) is 19.5. The van der Waals surface area contributed by atoms with Gasteiger partial charge in [0, 0.05) is 29.9 Å². The average Bonchev–Trinajstić information content (AvgIpc) is 3.15. The van der Waals surface area contributed by atoms with E-state index in [-0.39, 0.29) is 11.9 Å². The molecule has 1 aliphatic carbocycles. The van der Waals surface area contributed by atoms with Gasteiger partial charge in [-0.1, -0.05) is 43.3 Å². The predicted molar refractivity (Wildman–Crippen MR) is 111 cm³/mol. The lowest BCUT2D eigenvalue weighted by molar-refractivity contribution is 0.0685. The van der Waals surface area contributed by atoms with Crippen molar-refractivity contribution in [1.82, 2.24) is 14.9 Å². The Morgan fingerprint density at radius 1 is 1.11 bits per heavy atom. The maximum absolute atomic E-state index is 13.4. The fourth-order valence-corrected chi connectivity index (χ4v) is 3.92. The van der Waals surface area contributed by atoms with Gasteiger partial charge in [0.1, 0.15) is 5.82 Å². The molecular weight excluding hydrogens is 348 g/mol. The fourth-order valence-electron chi connectivity index (χ4n) is 3.92. The van der Waals surface area contributed by atoms with Crippen LogP contribution < -0.4 is 5.73 Å². The second-order valence-corrected chi connectivity index (χ2v) is 7.22. The number of hydrogen-bond acceptors (Lipinski definition) is 4. The van der Waals surface area contributed by atoms with Gasteiger partial charge in [-0.2, -0.15) is 0 Å². The van der Waals surface area contributed by atoms with Crippen LogP contribution >= 0.6 is 0 Å². The second-order valence-electron chi connectivity index (χ2n) is 7.22. The number of nitrogen functional groups attached to an aromatic ring is 1. The molecule has 3 aromatic rings. The van der Waals surface area contributed by atoms with Gasteiger partial charge in [-0.15, -0.1) is 0 Å². The molecule has 5 nitrogen and oxygen atoms in total. The lowest BCUT2D eigenvalue weighted by atomic mass is 10.1. The van der Waals surface area contributed by atoms with Crippen LogP contribution in [0.2, 0.25) is 0 Å². The molecule has 0 radical (unpaired) electrons. The van der Waals surface area contributed by atoms with E-state index in [1.54, 1.807) is 12.3 Å². The molecule has 1 aliphatic rings. The van der Waals surface area contributed by atoms with E-state index in [9.17, 15) is 4.79 Å². The quantitative estimate of drug-likeness (QED) is 0.740. The van der Waals surface area contributed by atoms with Gasteiger partial charge in [0.25, 0.3) is 5.91 Å². The van der Waals surface area contributed by atoms with Crippen molar-refractivity contribution in [2.24, 2.45) is 0 Å². The molecule has 1 aromatic heterocycles. The highest BCUT2D eigenvalue weighted by molar-refractivity contribution is 5.95. The van der Waals surface area contributed by atoms with Crippen LogP contribution in [0.25, 0.3) is 11.4 Å². The standard InChI is InChI=1S/C23H24N4O/c1-2-12-27(20-14-16-6-3-4-7-17(16)15-20)23(28)19-9-5-8-18(13-19)22-25-11-10-21(24)26-22/h3-11,13,20H,2,12,14-15H2,1H3,(H2,24,25,26). The first-order valence-electron chi connectivity index (χ1n) is 9.72. The minimum absolute atomic E-state index is 0.0606. The zero-order valence-electron chi connectivity index (χ0n) is 16.0. The lowest BCUT2D eigenvalue weighted by Crippen LogP contribution is -2.41. The summed E-state index contributed by atoms with van der Waals surface area (Å²) in [4.78, 5) is 24.0. The molecule has 0 saturated carbocycles. The Morgan fingerprint density at radius 2 is 1.86 bits per heavy atom. The summed E-state index contributed by atoms with van der Waals surface area (Å²) in [6.07, 6.45) is 4.39. The van der Waals surface area contributed by atoms with Gasteiger partial charge < -0.3 is 10.6 Å². The van der Waals surface area contributed by atoms with E-state index in [2.05, 4.69) is 41.2 Å². The number of carbonyl (C=O) groups is 1. The third-order valence-electron chi connectivity index (χ3n) is 5.24. The zero-order valence-corrected chi connectivity index (χ0v) is 16.0. The monoisotopic (exact) mass is 372 g/mol. The Labute approximate surface area is 165 Å². The van der Waals surface area contributed by atoms with Crippen molar-refractivity contribution in [3.05, 3.63) is 77.5 Å². The summed E-state index contributed by atoms with van der Waals surface area (Å²) in [5.41, 5.74) is 9.94. The minimum atomic E-state index is 0.0606. The molecule has 0 bridgehead atoms. The van der Waals surface area contributed by atoms with Crippen molar-refractivity contribution in [3.8, 4) is 11.4 Å². The Morgan fingerprint density at radius 3 is 2.54 bits per heavy atom. The Balaban J connectivity index is 1.61. The van der Waals surface area contributed by atoms with Crippen LogP contribution in [0, 0.1) is 0 Å². The summed E-state index contributed by atoms with van der Waals surface area (Å²) in [5, 5.41) is 0. The van der Waals surface area contributed by atoms with E-state index in [0.717, 1.165) is 31.4 Å². The molecule has 2 aromatic carbocycles. The topological polar surface area (TPSA) is 72.1 Å². The molecule has 5 heteroatoms. The lowest BCUT2D eigenvalue weighted by Gasteiger charge is -2.29. The molecule has 28 heavy (non-hydrogen) atoms. The van der Waals surface area contributed by atoms with Crippen molar-refractivity contribution < 1.29 is 4.79 Å². The molecule has 0 spiro atoms. The van der Waals surface area contributed by atoms with Gasteiger partial charge in [0.15, 0.2) is 5.82 Å². The van der Waals surface area contributed by atoms with Crippen LogP contribution in [-0.2, 0) is 12.8 Å². The highest BCUT2D eigenvalue weighted by atomic mass is 16.2. The molecule has 0 fully saturated rings. The van der Waals surface area contributed by atoms with Crippen LogP contribution in [0.1, 0.15) is 34.8 Å². The Kier molecular flexibility index (Phi) is 5.06. The number of carbonyl (C=O) groups excluding carboxylic acids is 1. The van der Waals surface area contributed by atoms with Crippen molar-refractivity contribution in [2.45, 2.75) is 32.2 Å². The van der Waals surface area contributed by atoms with Crippen molar-refractivity contribution in [2.75, 3.05) is 12.3 Å². The maximum atomic E-state index is 13.4. The van der Waals surface area contributed by atoms with Gasteiger partial charge >= 0.3 is 0 Å². The maximum Gasteiger partial charge on any atom is 0.254 e. The fraction of sp³-hybridized carbons (Fsp3) is 0.261. The number of nitrogens with zero attached hydrogens (tertiary/aromatic N) is 3.